The molecule has 0 saturated carbocycles. The Morgan fingerprint density at radius 1 is 1.37 bits per heavy atom. The number of aliphatic imine (C=N–C) groups is 1. The Morgan fingerprint density at radius 3 is 2.53 bits per heavy atom. The summed E-state index contributed by atoms with van der Waals surface area (Å²) in [6.07, 6.45) is 1.60. The molecule has 0 aromatic heterocycles. The first kappa shape index (κ1) is 16.6. The van der Waals surface area contributed by atoms with E-state index < -0.39 is 8.32 Å². The predicted octanol–water partition coefficient (Wildman–Crippen LogP) is 4.78. The number of benzene rings is 1. The summed E-state index contributed by atoms with van der Waals surface area (Å²) in [6, 6.07) is 5.76. The van der Waals surface area contributed by atoms with Crippen LogP contribution in [-0.4, -0.2) is 14.4 Å². The third kappa shape index (κ3) is 4.52. The van der Waals surface area contributed by atoms with Gasteiger partial charge in [-0.15, -0.1) is 0 Å². The van der Waals surface area contributed by atoms with E-state index in [-0.39, 0.29) is 5.04 Å². The van der Waals surface area contributed by atoms with E-state index in [1.165, 1.54) is 0 Å². The quantitative estimate of drug-likeness (QED) is 0.322. The molecule has 0 N–H and O–H groups in total. The second-order valence-electron chi connectivity index (χ2n) is 6.03. The van der Waals surface area contributed by atoms with E-state index >= 15 is 0 Å². The summed E-state index contributed by atoms with van der Waals surface area (Å²) in [4.78, 5) is 14.2. The molecule has 0 heterocycles. The Bertz CT molecular complexity index is 503. The average molecular weight is 389 g/mol. The number of isocyanates is 1. The third-order valence-corrected chi connectivity index (χ3v) is 8.75. The highest BCUT2D eigenvalue weighted by Gasteiger charge is 2.37. The average Bonchev–Trinajstić information content (AvgIpc) is 2.28. The standard InChI is InChI=1S/C14H20INO2Si/c1-14(2,3)19(4,5)18-9-11-8-12(15)6-7-13(11)16-10-17/h6-8H,9H2,1-5H3. The largest absolute Gasteiger partial charge is 0.412 e. The molecular weight excluding hydrogens is 369 g/mol. The molecule has 1 aromatic rings. The zero-order valence-electron chi connectivity index (χ0n) is 12.1. The lowest BCUT2D eigenvalue weighted by molar-refractivity contribution is 0.277. The van der Waals surface area contributed by atoms with Crippen molar-refractivity contribution in [2.45, 2.75) is 45.5 Å². The molecule has 0 amide bonds. The normalized spacial score (nSPS) is 12.1. The van der Waals surface area contributed by atoms with Crippen LogP contribution in [0, 0.1) is 3.57 Å². The van der Waals surface area contributed by atoms with Crippen molar-refractivity contribution >= 4 is 42.7 Å². The maximum absolute atomic E-state index is 10.4. The number of hydrogen-bond acceptors (Lipinski definition) is 3. The van der Waals surface area contributed by atoms with Gasteiger partial charge in [0.1, 0.15) is 0 Å². The van der Waals surface area contributed by atoms with E-state index in [0.717, 1.165) is 9.13 Å². The summed E-state index contributed by atoms with van der Waals surface area (Å²) < 4.78 is 7.28. The molecule has 0 bridgehead atoms. The first-order valence-electron chi connectivity index (χ1n) is 6.17. The number of halogens is 1. The van der Waals surface area contributed by atoms with Crippen molar-refractivity contribution in [1.82, 2.24) is 0 Å². The minimum Gasteiger partial charge on any atom is -0.412 e. The zero-order valence-corrected chi connectivity index (χ0v) is 15.2. The summed E-state index contributed by atoms with van der Waals surface area (Å²) in [5, 5.41) is 0.170. The van der Waals surface area contributed by atoms with Gasteiger partial charge in [-0.1, -0.05) is 20.8 Å². The monoisotopic (exact) mass is 389 g/mol. The van der Waals surface area contributed by atoms with Crippen molar-refractivity contribution in [3.63, 3.8) is 0 Å². The Morgan fingerprint density at radius 2 is 2.00 bits per heavy atom. The number of rotatable bonds is 4. The van der Waals surface area contributed by atoms with Crippen molar-refractivity contribution < 1.29 is 9.22 Å². The van der Waals surface area contributed by atoms with Crippen LogP contribution < -0.4 is 0 Å². The first-order chi connectivity index (χ1) is 8.67. The lowest BCUT2D eigenvalue weighted by Gasteiger charge is -2.36. The summed E-state index contributed by atoms with van der Waals surface area (Å²) in [5.41, 5.74) is 1.59. The lowest BCUT2D eigenvalue weighted by atomic mass is 10.2. The fourth-order valence-electron chi connectivity index (χ4n) is 1.30. The van der Waals surface area contributed by atoms with Crippen molar-refractivity contribution in [3.8, 4) is 0 Å². The van der Waals surface area contributed by atoms with Crippen LogP contribution in [0.25, 0.3) is 0 Å². The van der Waals surface area contributed by atoms with Crippen molar-refractivity contribution in [1.29, 1.82) is 0 Å². The van der Waals surface area contributed by atoms with E-state index in [4.69, 9.17) is 4.43 Å². The highest BCUT2D eigenvalue weighted by atomic mass is 127. The maximum atomic E-state index is 10.4. The Kier molecular flexibility index (Phi) is 5.50. The van der Waals surface area contributed by atoms with Crippen LogP contribution in [0.1, 0.15) is 26.3 Å². The molecule has 0 unspecified atom stereocenters. The molecule has 0 saturated heterocycles. The fraction of sp³-hybridized carbons (Fsp3) is 0.500. The summed E-state index contributed by atoms with van der Waals surface area (Å²) >= 11 is 2.24. The highest BCUT2D eigenvalue weighted by molar-refractivity contribution is 14.1. The Labute approximate surface area is 129 Å². The van der Waals surface area contributed by atoms with Gasteiger partial charge in [0.05, 0.1) is 12.3 Å². The molecule has 3 nitrogen and oxygen atoms in total. The Balaban J connectivity index is 2.94. The van der Waals surface area contributed by atoms with Gasteiger partial charge < -0.3 is 4.43 Å². The predicted molar refractivity (Wildman–Crippen MR) is 88.9 cm³/mol. The molecule has 0 radical (unpaired) electrons. The van der Waals surface area contributed by atoms with Crippen molar-refractivity contribution in [2.75, 3.05) is 0 Å². The van der Waals surface area contributed by atoms with Gasteiger partial charge in [0.15, 0.2) is 8.32 Å². The van der Waals surface area contributed by atoms with Gasteiger partial charge in [-0.2, -0.15) is 4.99 Å². The Hall–Kier alpha value is -0.493. The maximum Gasteiger partial charge on any atom is 0.240 e. The third-order valence-electron chi connectivity index (χ3n) is 3.60. The molecular formula is C14H20INO2Si. The number of carbonyl (C=O) groups excluding carboxylic acids is 1. The van der Waals surface area contributed by atoms with Crippen LogP contribution in [0.3, 0.4) is 0 Å². The summed E-state index contributed by atoms with van der Waals surface area (Å²) in [5.74, 6) is 0. The highest BCUT2D eigenvalue weighted by Crippen LogP contribution is 2.37. The minimum absolute atomic E-state index is 0.170. The van der Waals surface area contributed by atoms with Gasteiger partial charge in [0.2, 0.25) is 6.08 Å². The van der Waals surface area contributed by atoms with Crippen LogP contribution in [0.5, 0.6) is 0 Å². The first-order valence-corrected chi connectivity index (χ1v) is 10.2. The van der Waals surface area contributed by atoms with Crippen LogP contribution in [0.2, 0.25) is 18.1 Å². The molecule has 1 rings (SSSR count). The molecule has 104 valence electrons. The molecule has 0 fully saturated rings. The van der Waals surface area contributed by atoms with Crippen molar-refractivity contribution in [3.05, 3.63) is 27.3 Å². The van der Waals surface area contributed by atoms with Gasteiger partial charge in [-0.05, 0) is 58.9 Å². The molecule has 0 aliphatic rings. The fourth-order valence-corrected chi connectivity index (χ4v) is 2.81. The molecule has 0 aliphatic heterocycles. The summed E-state index contributed by atoms with van der Waals surface area (Å²) in [7, 11) is -1.79. The number of nitrogens with zero attached hydrogens (tertiary/aromatic N) is 1. The van der Waals surface area contributed by atoms with Crippen LogP contribution >= 0.6 is 22.6 Å². The van der Waals surface area contributed by atoms with E-state index in [1.54, 1.807) is 6.08 Å². The second-order valence-corrected chi connectivity index (χ2v) is 12.1. The number of hydrogen-bond donors (Lipinski definition) is 0. The smallest absolute Gasteiger partial charge is 0.240 e. The van der Waals surface area contributed by atoms with E-state index in [1.807, 2.05) is 18.2 Å². The van der Waals surface area contributed by atoms with Crippen LogP contribution in [0.15, 0.2) is 23.2 Å². The SMILES string of the molecule is CC(C)(C)[Si](C)(C)OCc1cc(I)ccc1N=C=O. The van der Waals surface area contributed by atoms with Crippen LogP contribution in [0.4, 0.5) is 5.69 Å². The van der Waals surface area contributed by atoms with Gasteiger partial charge in [-0.3, -0.25) is 0 Å². The van der Waals surface area contributed by atoms with Gasteiger partial charge in [-0.25, -0.2) is 4.79 Å². The van der Waals surface area contributed by atoms with E-state index in [0.29, 0.717) is 12.3 Å². The van der Waals surface area contributed by atoms with Crippen LogP contribution in [-0.2, 0) is 15.8 Å². The molecule has 1 aromatic carbocycles. The van der Waals surface area contributed by atoms with Gasteiger partial charge >= 0.3 is 0 Å². The van der Waals surface area contributed by atoms with Gasteiger partial charge in [0, 0.05) is 9.13 Å². The van der Waals surface area contributed by atoms with E-state index in [2.05, 4.69) is 61.4 Å². The van der Waals surface area contributed by atoms with E-state index in [9.17, 15) is 4.79 Å². The lowest BCUT2D eigenvalue weighted by Crippen LogP contribution is -2.40. The van der Waals surface area contributed by atoms with Gasteiger partial charge in [0.25, 0.3) is 0 Å². The zero-order chi connectivity index (χ0) is 14.7. The topological polar surface area (TPSA) is 38.7 Å². The minimum atomic E-state index is -1.79. The molecule has 5 heteroatoms. The second kappa shape index (κ2) is 6.30. The molecule has 0 aliphatic carbocycles. The molecule has 19 heavy (non-hydrogen) atoms. The molecule has 0 atom stereocenters. The summed E-state index contributed by atoms with van der Waals surface area (Å²) in [6.45, 7) is 11.5. The molecule has 0 spiro atoms. The van der Waals surface area contributed by atoms with Crippen molar-refractivity contribution in [2.24, 2.45) is 4.99 Å².